The van der Waals surface area contributed by atoms with Crippen molar-refractivity contribution >= 4 is 12.0 Å². The van der Waals surface area contributed by atoms with Gasteiger partial charge in [-0.05, 0) is 25.7 Å². The second kappa shape index (κ2) is 8.74. The summed E-state index contributed by atoms with van der Waals surface area (Å²) in [7, 11) is 1.59. The molecule has 0 radical (unpaired) electrons. The van der Waals surface area contributed by atoms with Gasteiger partial charge in [0, 0.05) is 19.8 Å². The normalized spacial score (nSPS) is 14.1. The molecule has 2 atom stereocenters. The first kappa shape index (κ1) is 16.7. The molecule has 18 heavy (non-hydrogen) atoms. The van der Waals surface area contributed by atoms with E-state index in [1.807, 2.05) is 20.8 Å². The largest absolute Gasteiger partial charge is 0.480 e. The minimum absolute atomic E-state index is 0.0570. The summed E-state index contributed by atoms with van der Waals surface area (Å²) < 4.78 is 4.90. The number of carboxylic acid groups (broad SMARTS) is 1. The van der Waals surface area contributed by atoms with E-state index in [4.69, 9.17) is 9.84 Å². The molecule has 0 rings (SSSR count). The minimum atomic E-state index is -1.01. The topological polar surface area (TPSA) is 87.7 Å². The van der Waals surface area contributed by atoms with Gasteiger partial charge in [0.15, 0.2) is 0 Å². The van der Waals surface area contributed by atoms with E-state index in [0.717, 1.165) is 0 Å². The Kier molecular flexibility index (Phi) is 8.11. The number of carbonyl (C=O) groups is 2. The highest BCUT2D eigenvalue weighted by atomic mass is 16.5. The Bertz CT molecular complexity index is 269. The van der Waals surface area contributed by atoms with Crippen molar-refractivity contribution in [2.24, 2.45) is 5.92 Å². The monoisotopic (exact) mass is 260 g/mol. The third-order valence-corrected chi connectivity index (χ3v) is 2.44. The van der Waals surface area contributed by atoms with E-state index >= 15 is 0 Å². The zero-order chi connectivity index (χ0) is 14.1. The molecular formula is C12H24N2O4. The van der Waals surface area contributed by atoms with E-state index in [-0.39, 0.29) is 12.0 Å². The first-order chi connectivity index (χ1) is 8.36. The minimum Gasteiger partial charge on any atom is -0.480 e. The highest BCUT2D eigenvalue weighted by Gasteiger charge is 2.21. The number of aliphatic carboxylic acids is 1. The molecule has 6 nitrogen and oxygen atoms in total. The van der Waals surface area contributed by atoms with Gasteiger partial charge < -0.3 is 20.5 Å². The van der Waals surface area contributed by atoms with E-state index in [1.54, 1.807) is 7.11 Å². The smallest absolute Gasteiger partial charge is 0.326 e. The zero-order valence-electron chi connectivity index (χ0n) is 11.5. The van der Waals surface area contributed by atoms with Gasteiger partial charge in [-0.15, -0.1) is 0 Å². The van der Waals surface area contributed by atoms with Crippen LogP contribution in [-0.4, -0.2) is 42.9 Å². The molecule has 0 saturated carbocycles. The van der Waals surface area contributed by atoms with Crippen LogP contribution in [0.5, 0.6) is 0 Å². The van der Waals surface area contributed by atoms with Crippen LogP contribution in [0.4, 0.5) is 4.79 Å². The van der Waals surface area contributed by atoms with E-state index in [9.17, 15) is 9.59 Å². The standard InChI is InChI=1S/C12H24N2O4/c1-8(2)7-10(11(15)16)14-12(17)13-9(3)5-6-18-4/h8-10H,5-7H2,1-4H3,(H,15,16)(H2,13,14,17). The molecule has 0 aromatic carbocycles. The lowest BCUT2D eigenvalue weighted by Gasteiger charge is -2.19. The van der Waals surface area contributed by atoms with Crippen LogP contribution in [0.1, 0.15) is 33.6 Å². The third kappa shape index (κ3) is 7.89. The SMILES string of the molecule is COCCC(C)NC(=O)NC(CC(C)C)C(=O)O. The molecule has 0 bridgehead atoms. The molecule has 2 unspecified atom stereocenters. The molecule has 6 heteroatoms. The number of amides is 2. The summed E-state index contributed by atoms with van der Waals surface area (Å²) in [6.07, 6.45) is 1.10. The Hall–Kier alpha value is -1.30. The van der Waals surface area contributed by atoms with Crippen LogP contribution in [-0.2, 0) is 9.53 Å². The highest BCUT2D eigenvalue weighted by Crippen LogP contribution is 2.04. The van der Waals surface area contributed by atoms with Crippen molar-refractivity contribution in [2.45, 2.75) is 45.7 Å². The maximum atomic E-state index is 11.6. The van der Waals surface area contributed by atoms with Crippen molar-refractivity contribution in [3.8, 4) is 0 Å². The first-order valence-electron chi connectivity index (χ1n) is 6.15. The van der Waals surface area contributed by atoms with E-state index in [1.165, 1.54) is 0 Å². The fraction of sp³-hybridized carbons (Fsp3) is 0.833. The van der Waals surface area contributed by atoms with Crippen molar-refractivity contribution in [3.63, 3.8) is 0 Å². The molecule has 0 aliphatic rings. The number of rotatable bonds is 8. The first-order valence-corrected chi connectivity index (χ1v) is 6.15. The molecule has 0 spiro atoms. The van der Waals surface area contributed by atoms with Gasteiger partial charge >= 0.3 is 12.0 Å². The lowest BCUT2D eigenvalue weighted by Crippen LogP contribution is -2.49. The summed E-state index contributed by atoms with van der Waals surface area (Å²) in [6.45, 7) is 6.22. The van der Waals surface area contributed by atoms with Gasteiger partial charge in [0.05, 0.1) is 0 Å². The van der Waals surface area contributed by atoms with Gasteiger partial charge in [-0.2, -0.15) is 0 Å². The second-order valence-corrected chi connectivity index (χ2v) is 4.82. The van der Waals surface area contributed by atoms with Gasteiger partial charge in [0.2, 0.25) is 0 Å². The van der Waals surface area contributed by atoms with Gasteiger partial charge in [-0.25, -0.2) is 9.59 Å². The zero-order valence-corrected chi connectivity index (χ0v) is 11.5. The molecule has 3 N–H and O–H groups in total. The average Bonchev–Trinajstić information content (AvgIpc) is 2.24. The van der Waals surface area contributed by atoms with Gasteiger partial charge in [-0.3, -0.25) is 0 Å². The predicted molar refractivity (Wildman–Crippen MR) is 68.5 cm³/mol. The quantitative estimate of drug-likeness (QED) is 0.612. The summed E-state index contributed by atoms with van der Waals surface area (Å²) >= 11 is 0. The van der Waals surface area contributed by atoms with Crippen LogP contribution in [0.2, 0.25) is 0 Å². The lowest BCUT2D eigenvalue weighted by atomic mass is 10.0. The predicted octanol–water partition coefficient (Wildman–Crippen LogP) is 1.21. The van der Waals surface area contributed by atoms with Crippen molar-refractivity contribution in [1.82, 2.24) is 10.6 Å². The van der Waals surface area contributed by atoms with Gasteiger partial charge in [0.1, 0.15) is 6.04 Å². The summed E-state index contributed by atoms with van der Waals surface area (Å²) in [4.78, 5) is 22.6. The van der Waals surface area contributed by atoms with Crippen molar-refractivity contribution in [3.05, 3.63) is 0 Å². The highest BCUT2D eigenvalue weighted by molar-refractivity contribution is 5.82. The molecular weight excluding hydrogens is 236 g/mol. The van der Waals surface area contributed by atoms with Crippen LogP contribution in [0.25, 0.3) is 0 Å². The summed E-state index contributed by atoms with van der Waals surface area (Å²) in [5.41, 5.74) is 0. The van der Waals surface area contributed by atoms with Gasteiger partial charge in [-0.1, -0.05) is 13.8 Å². The molecule has 0 heterocycles. The maximum absolute atomic E-state index is 11.6. The number of hydrogen-bond acceptors (Lipinski definition) is 3. The Morgan fingerprint density at radius 1 is 1.22 bits per heavy atom. The van der Waals surface area contributed by atoms with Crippen molar-refractivity contribution in [2.75, 3.05) is 13.7 Å². The van der Waals surface area contributed by atoms with E-state index in [2.05, 4.69) is 10.6 Å². The van der Waals surface area contributed by atoms with E-state index in [0.29, 0.717) is 19.4 Å². The number of carbonyl (C=O) groups excluding carboxylic acids is 1. The number of urea groups is 1. The van der Waals surface area contributed by atoms with Crippen LogP contribution in [0, 0.1) is 5.92 Å². The lowest BCUT2D eigenvalue weighted by molar-refractivity contribution is -0.139. The second-order valence-electron chi connectivity index (χ2n) is 4.82. The van der Waals surface area contributed by atoms with Crippen LogP contribution in [0.15, 0.2) is 0 Å². The summed E-state index contributed by atoms with van der Waals surface area (Å²) in [5.74, 6) is -0.805. The third-order valence-electron chi connectivity index (χ3n) is 2.44. The molecule has 0 aromatic heterocycles. The average molecular weight is 260 g/mol. The van der Waals surface area contributed by atoms with Gasteiger partial charge in [0.25, 0.3) is 0 Å². The number of methoxy groups -OCH3 is 1. The number of ether oxygens (including phenoxy) is 1. The molecule has 0 fully saturated rings. The molecule has 0 aliphatic carbocycles. The number of carboxylic acids is 1. The maximum Gasteiger partial charge on any atom is 0.326 e. The Morgan fingerprint density at radius 2 is 1.83 bits per heavy atom. The van der Waals surface area contributed by atoms with Crippen molar-refractivity contribution < 1.29 is 19.4 Å². The number of hydrogen-bond donors (Lipinski definition) is 3. The Balaban J connectivity index is 4.13. The Morgan fingerprint density at radius 3 is 2.28 bits per heavy atom. The van der Waals surface area contributed by atoms with Crippen LogP contribution < -0.4 is 10.6 Å². The Labute approximate surface area is 108 Å². The van der Waals surface area contributed by atoms with Crippen LogP contribution in [0.3, 0.4) is 0 Å². The molecule has 0 aliphatic heterocycles. The fourth-order valence-corrected chi connectivity index (χ4v) is 1.48. The van der Waals surface area contributed by atoms with Crippen LogP contribution >= 0.6 is 0 Å². The fourth-order valence-electron chi connectivity index (χ4n) is 1.48. The molecule has 0 aromatic rings. The summed E-state index contributed by atoms with van der Waals surface area (Å²) in [6, 6.07) is -1.36. The van der Waals surface area contributed by atoms with Crippen molar-refractivity contribution in [1.29, 1.82) is 0 Å². The van der Waals surface area contributed by atoms with E-state index < -0.39 is 18.0 Å². The number of nitrogens with one attached hydrogen (secondary N) is 2. The summed E-state index contributed by atoms with van der Waals surface area (Å²) in [5, 5.41) is 14.1. The molecule has 2 amide bonds. The molecule has 106 valence electrons. The molecule has 0 saturated heterocycles.